The van der Waals surface area contributed by atoms with Crippen LogP contribution in [0.1, 0.15) is 46.1 Å². The van der Waals surface area contributed by atoms with E-state index in [4.69, 9.17) is 4.74 Å². The first kappa shape index (κ1) is 35.0. The second-order valence-corrected chi connectivity index (χ2v) is 12.7. The van der Waals surface area contributed by atoms with Gasteiger partial charge in [0.05, 0.1) is 0 Å². The zero-order valence-electron chi connectivity index (χ0n) is 24.3. The Bertz CT molecular complexity index is 1840. The minimum atomic E-state index is -7.42. The van der Waals surface area contributed by atoms with Gasteiger partial charge in [-0.2, -0.15) is 47.9 Å². The fraction of sp³-hybridized carbons (Fsp3) is 0.273. The zero-order chi connectivity index (χ0) is 35.1. The van der Waals surface area contributed by atoms with Gasteiger partial charge in [0.15, 0.2) is 0 Å². The molecule has 15 heteroatoms. The van der Waals surface area contributed by atoms with E-state index in [0.29, 0.717) is 30.8 Å². The van der Waals surface area contributed by atoms with Crippen molar-refractivity contribution in [1.82, 2.24) is 0 Å². The van der Waals surface area contributed by atoms with Crippen molar-refractivity contribution in [2.24, 2.45) is 0 Å². The van der Waals surface area contributed by atoms with Crippen molar-refractivity contribution in [3.8, 4) is 11.5 Å². The molecule has 0 amide bonds. The van der Waals surface area contributed by atoms with Gasteiger partial charge in [-0.05, 0) is 83.0 Å². The fourth-order valence-electron chi connectivity index (χ4n) is 5.54. The van der Waals surface area contributed by atoms with Crippen LogP contribution in [-0.2, 0) is 23.1 Å². The fourth-order valence-corrected chi connectivity index (χ4v) is 6.45. The molecule has 4 aromatic rings. The molecular formula is C33H24F10O4S. The van der Waals surface area contributed by atoms with E-state index >= 15 is 0 Å². The van der Waals surface area contributed by atoms with Gasteiger partial charge in [-0.25, -0.2) is 4.39 Å². The minimum Gasteiger partial charge on any atom is -0.489 e. The van der Waals surface area contributed by atoms with Gasteiger partial charge < -0.3 is 8.92 Å². The Kier molecular flexibility index (Phi) is 9.23. The molecule has 0 fully saturated rings. The van der Waals surface area contributed by atoms with Crippen LogP contribution >= 0.6 is 0 Å². The van der Waals surface area contributed by atoms with E-state index in [1.165, 1.54) is 24.3 Å². The smallest absolute Gasteiger partial charge is 0.460 e. The molecular weight excluding hydrogens is 682 g/mol. The predicted molar refractivity (Wildman–Crippen MR) is 153 cm³/mol. The average Bonchev–Trinajstić information content (AvgIpc) is 3.03. The second-order valence-electron chi connectivity index (χ2n) is 11.1. The summed E-state index contributed by atoms with van der Waals surface area (Å²) in [5, 5.41) is -6.99. The maximum atomic E-state index is 14.2. The van der Waals surface area contributed by atoms with Crippen LogP contribution < -0.4 is 8.92 Å². The largest absolute Gasteiger partial charge is 0.489 e. The molecule has 4 nitrogen and oxygen atoms in total. The van der Waals surface area contributed by atoms with Crippen molar-refractivity contribution >= 4 is 10.1 Å². The first-order valence-corrected chi connectivity index (χ1v) is 15.6. The van der Waals surface area contributed by atoms with Gasteiger partial charge in [0.25, 0.3) is 0 Å². The van der Waals surface area contributed by atoms with Crippen molar-refractivity contribution in [2.75, 3.05) is 0 Å². The van der Waals surface area contributed by atoms with Gasteiger partial charge in [-0.3, -0.25) is 0 Å². The lowest BCUT2D eigenvalue weighted by molar-refractivity contribution is -0.382. The van der Waals surface area contributed by atoms with Crippen LogP contribution in [0.2, 0.25) is 0 Å². The van der Waals surface area contributed by atoms with Crippen LogP contribution in [-0.4, -0.2) is 31.7 Å². The van der Waals surface area contributed by atoms with Crippen LogP contribution in [0, 0.1) is 5.82 Å². The minimum absolute atomic E-state index is 0.294. The first-order valence-electron chi connectivity index (χ1n) is 14.1. The lowest BCUT2D eigenvalue weighted by Gasteiger charge is -2.35. The van der Waals surface area contributed by atoms with Gasteiger partial charge in [0, 0.05) is 5.92 Å². The van der Waals surface area contributed by atoms with Gasteiger partial charge in [-0.1, -0.05) is 60.7 Å². The summed E-state index contributed by atoms with van der Waals surface area (Å²) in [4.78, 5) is 0. The number of hydrogen-bond donors (Lipinski definition) is 0. The number of halogens is 10. The monoisotopic (exact) mass is 706 g/mol. The van der Waals surface area contributed by atoms with Crippen LogP contribution in [0.4, 0.5) is 43.9 Å². The van der Waals surface area contributed by atoms with E-state index in [1.54, 1.807) is 24.3 Å². The van der Waals surface area contributed by atoms with Gasteiger partial charge in [-0.15, -0.1) is 0 Å². The van der Waals surface area contributed by atoms with E-state index in [1.807, 2.05) is 36.4 Å². The highest BCUT2D eigenvalue weighted by Gasteiger charge is 2.86. The van der Waals surface area contributed by atoms with Crippen LogP contribution in [0.15, 0.2) is 97.1 Å². The van der Waals surface area contributed by atoms with E-state index in [0.717, 1.165) is 34.4 Å². The topological polar surface area (TPSA) is 52.6 Å². The summed E-state index contributed by atoms with van der Waals surface area (Å²) in [7, 11) is -7.10. The third-order valence-corrected chi connectivity index (χ3v) is 9.29. The molecule has 5 rings (SSSR count). The molecule has 0 aliphatic heterocycles. The van der Waals surface area contributed by atoms with Gasteiger partial charge in [0.2, 0.25) is 0 Å². The van der Waals surface area contributed by atoms with Crippen LogP contribution in [0.5, 0.6) is 11.5 Å². The summed E-state index contributed by atoms with van der Waals surface area (Å²) in [6, 6.07) is 24.4. The van der Waals surface area contributed by atoms with Crippen LogP contribution in [0.3, 0.4) is 0 Å². The average molecular weight is 707 g/mol. The highest BCUT2D eigenvalue weighted by atomic mass is 32.2. The maximum Gasteiger partial charge on any atom is 0.460 e. The molecule has 4 aromatic carbocycles. The standard InChI is InChI=1S/C33H24F10O4S/c34-24-11-6-21(7-12-24)27-16-10-23-18-26(46-19-20-4-2-1-3-5-20)15-17-28(23)29(27)22-8-13-25(14-9-22)47-48(44,45)33(42,43)31(37,38)30(35,36)32(39,40)41/h1-9,11-15,17-18,27,29H,10,16,19H2. The van der Waals surface area contributed by atoms with Gasteiger partial charge >= 0.3 is 33.4 Å². The lowest BCUT2D eigenvalue weighted by Crippen LogP contribution is -2.63. The molecule has 0 radical (unpaired) electrons. The maximum absolute atomic E-state index is 14.2. The number of benzene rings is 4. The summed E-state index contributed by atoms with van der Waals surface area (Å²) in [5.74, 6) is -16.6. The molecule has 0 saturated carbocycles. The molecule has 0 aromatic heterocycles. The number of hydrogen-bond acceptors (Lipinski definition) is 4. The molecule has 0 bridgehead atoms. The summed E-state index contributed by atoms with van der Waals surface area (Å²) in [5.41, 5.74) is 3.76. The van der Waals surface area contributed by atoms with Crippen LogP contribution in [0.25, 0.3) is 0 Å². The third kappa shape index (κ3) is 6.43. The molecule has 0 N–H and O–H groups in total. The Labute approximate surface area is 268 Å². The van der Waals surface area contributed by atoms with Crippen molar-refractivity contribution in [3.05, 3.63) is 131 Å². The quantitative estimate of drug-likeness (QED) is 0.122. The first-order chi connectivity index (χ1) is 22.4. The van der Waals surface area contributed by atoms with Crippen molar-refractivity contribution < 1.29 is 61.2 Å². The SMILES string of the molecule is O=S(=O)(Oc1ccc(C2c3ccc(OCc4ccccc4)cc3CCC2c2ccc(F)cc2)cc1)C(F)(F)C(F)(F)C(F)(F)C(F)(F)F. The Morgan fingerprint density at radius 2 is 1.27 bits per heavy atom. The predicted octanol–water partition coefficient (Wildman–Crippen LogP) is 9.40. The third-order valence-electron chi connectivity index (χ3n) is 8.00. The summed E-state index contributed by atoms with van der Waals surface area (Å²) < 4.78 is 168. The molecule has 256 valence electrons. The number of ether oxygens (including phenoxy) is 1. The van der Waals surface area contributed by atoms with E-state index in [-0.39, 0.29) is 5.92 Å². The van der Waals surface area contributed by atoms with E-state index in [9.17, 15) is 52.3 Å². The summed E-state index contributed by atoms with van der Waals surface area (Å²) in [6.45, 7) is 0.296. The Hall–Kier alpha value is -4.27. The molecule has 0 spiro atoms. The lowest BCUT2D eigenvalue weighted by atomic mass is 9.69. The molecule has 1 aliphatic carbocycles. The molecule has 1 aliphatic rings. The highest BCUT2D eigenvalue weighted by molar-refractivity contribution is 7.88. The second kappa shape index (κ2) is 12.6. The van der Waals surface area contributed by atoms with Gasteiger partial charge in [0.1, 0.15) is 23.9 Å². The van der Waals surface area contributed by atoms with E-state index in [2.05, 4.69) is 4.18 Å². The Balaban J connectivity index is 1.45. The van der Waals surface area contributed by atoms with Crippen molar-refractivity contribution in [2.45, 2.75) is 54.6 Å². The molecule has 48 heavy (non-hydrogen) atoms. The zero-order valence-corrected chi connectivity index (χ0v) is 25.2. The van der Waals surface area contributed by atoms with E-state index < -0.39 is 50.9 Å². The molecule has 2 atom stereocenters. The van der Waals surface area contributed by atoms with Crippen molar-refractivity contribution in [3.63, 3.8) is 0 Å². The summed E-state index contributed by atoms with van der Waals surface area (Å²) in [6.07, 6.45) is -6.10. The normalized spacial score (nSPS) is 17.5. The Morgan fingerprint density at radius 3 is 1.88 bits per heavy atom. The number of alkyl halides is 9. The molecule has 2 unspecified atom stereocenters. The van der Waals surface area contributed by atoms with Crippen molar-refractivity contribution in [1.29, 1.82) is 0 Å². The highest BCUT2D eigenvalue weighted by Crippen LogP contribution is 2.55. The number of fused-ring (bicyclic) bond motifs is 1. The number of aryl methyl sites for hydroxylation is 1. The number of rotatable bonds is 10. The summed E-state index contributed by atoms with van der Waals surface area (Å²) >= 11 is 0. The Morgan fingerprint density at radius 1 is 0.688 bits per heavy atom. The molecule has 0 heterocycles. The molecule has 0 saturated heterocycles.